The van der Waals surface area contributed by atoms with Gasteiger partial charge in [-0.15, -0.1) is 0 Å². The molecule has 3 rings (SSSR count). The number of aryl methyl sites for hydroxylation is 1. The maximum Gasteiger partial charge on any atom is 0.275 e. The van der Waals surface area contributed by atoms with Gasteiger partial charge in [0.1, 0.15) is 5.75 Å². The number of benzene rings is 2. The van der Waals surface area contributed by atoms with Gasteiger partial charge in [-0.25, -0.2) is 5.43 Å². The Balaban J connectivity index is 1.81. The highest BCUT2D eigenvalue weighted by atomic mass is 16.5. The number of nitrogens with one attached hydrogen (secondary N) is 1. The summed E-state index contributed by atoms with van der Waals surface area (Å²) in [4.78, 5) is 12.3. The molecule has 1 aliphatic carbocycles. The molecule has 1 amide bonds. The summed E-state index contributed by atoms with van der Waals surface area (Å²) < 4.78 is 5.21. The van der Waals surface area contributed by atoms with Gasteiger partial charge in [-0.2, -0.15) is 5.10 Å². The highest BCUT2D eigenvalue weighted by Crippen LogP contribution is 2.21. The van der Waals surface area contributed by atoms with Gasteiger partial charge in [-0.3, -0.25) is 4.79 Å². The van der Waals surface area contributed by atoms with Gasteiger partial charge in [-0.1, -0.05) is 36.4 Å². The van der Waals surface area contributed by atoms with Crippen molar-refractivity contribution in [1.82, 2.24) is 5.43 Å². The fourth-order valence-electron chi connectivity index (χ4n) is 2.73. The molecule has 0 fully saturated rings. The third-order valence-corrected chi connectivity index (χ3v) is 3.83. The van der Waals surface area contributed by atoms with E-state index in [1.54, 1.807) is 25.3 Å². The minimum absolute atomic E-state index is 0.256. The summed E-state index contributed by atoms with van der Waals surface area (Å²) in [6.45, 7) is 0. The summed E-state index contributed by atoms with van der Waals surface area (Å²) in [5.41, 5.74) is 6.50. The predicted molar refractivity (Wildman–Crippen MR) is 86.4 cm³/mol. The van der Waals surface area contributed by atoms with Crippen molar-refractivity contribution < 1.29 is 9.53 Å². The van der Waals surface area contributed by atoms with Crippen LogP contribution in [-0.2, 0) is 6.42 Å². The molecule has 0 atom stereocenters. The van der Waals surface area contributed by atoms with Crippen molar-refractivity contribution in [2.45, 2.75) is 19.3 Å². The molecule has 4 nitrogen and oxygen atoms in total. The lowest BCUT2D eigenvalue weighted by molar-refractivity contribution is 0.0951. The third kappa shape index (κ3) is 2.86. The first kappa shape index (κ1) is 14.3. The van der Waals surface area contributed by atoms with Crippen LogP contribution in [0.15, 0.2) is 53.6 Å². The minimum atomic E-state index is -0.256. The van der Waals surface area contributed by atoms with E-state index in [9.17, 15) is 4.79 Å². The molecule has 0 aliphatic heterocycles. The SMILES string of the molecule is COc1ccccc1C(=O)N/N=C1\CCCc2ccccc21. The average molecular weight is 294 g/mol. The molecule has 4 heteroatoms. The number of carbonyl (C=O) groups excluding carboxylic acids is 1. The van der Waals surface area contributed by atoms with Crippen LogP contribution in [0.2, 0.25) is 0 Å². The van der Waals surface area contributed by atoms with Crippen LogP contribution in [0.4, 0.5) is 0 Å². The van der Waals surface area contributed by atoms with Gasteiger partial charge in [0.2, 0.25) is 0 Å². The van der Waals surface area contributed by atoms with E-state index < -0.39 is 0 Å². The molecule has 0 radical (unpaired) electrons. The summed E-state index contributed by atoms with van der Waals surface area (Å²) in [6, 6.07) is 15.3. The zero-order chi connectivity index (χ0) is 15.4. The standard InChI is InChI=1S/C18H18N2O2/c1-22-17-12-5-4-10-15(17)18(21)20-19-16-11-6-8-13-7-2-3-9-14(13)16/h2-5,7,9-10,12H,6,8,11H2,1H3,(H,20,21)/b19-16+. The predicted octanol–water partition coefficient (Wildman–Crippen LogP) is 3.17. The number of hydrogen-bond donors (Lipinski definition) is 1. The Morgan fingerprint density at radius 1 is 1.09 bits per heavy atom. The number of carbonyl (C=O) groups is 1. The van der Waals surface area contributed by atoms with Crippen LogP contribution in [-0.4, -0.2) is 18.7 Å². The van der Waals surface area contributed by atoms with Crippen LogP contribution < -0.4 is 10.2 Å². The second-order valence-electron chi connectivity index (χ2n) is 5.21. The highest BCUT2D eigenvalue weighted by molar-refractivity contribution is 6.04. The van der Waals surface area contributed by atoms with Crippen molar-refractivity contribution in [2.24, 2.45) is 5.10 Å². The van der Waals surface area contributed by atoms with Crippen molar-refractivity contribution in [3.05, 3.63) is 65.2 Å². The third-order valence-electron chi connectivity index (χ3n) is 3.83. The van der Waals surface area contributed by atoms with Gasteiger partial charge >= 0.3 is 0 Å². The topological polar surface area (TPSA) is 50.7 Å². The fraction of sp³-hybridized carbons (Fsp3) is 0.222. The summed E-state index contributed by atoms with van der Waals surface area (Å²) in [7, 11) is 1.55. The molecule has 22 heavy (non-hydrogen) atoms. The normalized spacial score (nSPS) is 15.2. The van der Waals surface area contributed by atoms with E-state index in [1.165, 1.54) is 5.56 Å². The smallest absolute Gasteiger partial charge is 0.275 e. The Morgan fingerprint density at radius 3 is 2.73 bits per heavy atom. The number of hydrogen-bond acceptors (Lipinski definition) is 3. The molecular weight excluding hydrogens is 276 g/mol. The first-order chi connectivity index (χ1) is 10.8. The van der Waals surface area contributed by atoms with Gasteiger partial charge in [-0.05, 0) is 37.0 Å². The molecule has 1 N–H and O–H groups in total. The van der Waals surface area contributed by atoms with E-state index in [2.05, 4.69) is 22.7 Å². The Morgan fingerprint density at radius 2 is 1.86 bits per heavy atom. The maximum atomic E-state index is 12.3. The molecule has 0 unspecified atom stereocenters. The Hall–Kier alpha value is -2.62. The molecular formula is C18H18N2O2. The number of fused-ring (bicyclic) bond motifs is 1. The maximum absolute atomic E-state index is 12.3. The molecule has 0 heterocycles. The first-order valence-corrected chi connectivity index (χ1v) is 7.38. The van der Waals surface area contributed by atoms with Crippen LogP contribution in [0.1, 0.15) is 34.3 Å². The number of methoxy groups -OCH3 is 1. The quantitative estimate of drug-likeness (QED) is 0.884. The minimum Gasteiger partial charge on any atom is -0.496 e. The zero-order valence-corrected chi connectivity index (χ0v) is 12.5. The van der Waals surface area contributed by atoms with Crippen LogP contribution in [0.25, 0.3) is 0 Å². The first-order valence-electron chi connectivity index (χ1n) is 7.38. The molecule has 0 bridgehead atoms. The summed E-state index contributed by atoms with van der Waals surface area (Å²) >= 11 is 0. The molecule has 2 aromatic carbocycles. The van der Waals surface area contributed by atoms with Crippen LogP contribution in [0.5, 0.6) is 5.75 Å². The number of para-hydroxylation sites is 1. The monoisotopic (exact) mass is 294 g/mol. The highest BCUT2D eigenvalue weighted by Gasteiger charge is 2.16. The zero-order valence-electron chi connectivity index (χ0n) is 12.5. The van der Waals surface area contributed by atoms with Gasteiger partial charge < -0.3 is 4.74 Å². The van der Waals surface area contributed by atoms with E-state index in [4.69, 9.17) is 4.74 Å². The number of ether oxygens (including phenoxy) is 1. The summed E-state index contributed by atoms with van der Waals surface area (Å²) in [6.07, 6.45) is 3.00. The Kier molecular flexibility index (Phi) is 4.19. The fourth-order valence-corrected chi connectivity index (χ4v) is 2.73. The number of nitrogens with zero attached hydrogens (tertiary/aromatic N) is 1. The molecule has 0 saturated heterocycles. The number of rotatable bonds is 3. The second kappa shape index (κ2) is 6.43. The van der Waals surface area contributed by atoms with E-state index in [0.29, 0.717) is 11.3 Å². The Bertz CT molecular complexity index is 723. The Labute approximate surface area is 129 Å². The van der Waals surface area contributed by atoms with Crippen molar-refractivity contribution in [3.8, 4) is 5.75 Å². The van der Waals surface area contributed by atoms with E-state index >= 15 is 0 Å². The summed E-state index contributed by atoms with van der Waals surface area (Å²) in [5.74, 6) is 0.289. The van der Waals surface area contributed by atoms with Crippen molar-refractivity contribution in [1.29, 1.82) is 0 Å². The van der Waals surface area contributed by atoms with Gasteiger partial charge in [0.15, 0.2) is 0 Å². The molecule has 0 spiro atoms. The largest absolute Gasteiger partial charge is 0.496 e. The van der Waals surface area contributed by atoms with Crippen molar-refractivity contribution in [2.75, 3.05) is 7.11 Å². The summed E-state index contributed by atoms with van der Waals surface area (Å²) in [5, 5.41) is 4.34. The molecule has 0 saturated carbocycles. The lowest BCUT2D eigenvalue weighted by Crippen LogP contribution is -2.22. The average Bonchev–Trinajstić information content (AvgIpc) is 2.59. The van der Waals surface area contributed by atoms with E-state index in [-0.39, 0.29) is 5.91 Å². The number of amides is 1. The van der Waals surface area contributed by atoms with Gasteiger partial charge in [0, 0.05) is 5.56 Å². The van der Waals surface area contributed by atoms with E-state index in [1.807, 2.05) is 18.2 Å². The van der Waals surface area contributed by atoms with Gasteiger partial charge in [0.25, 0.3) is 5.91 Å². The van der Waals surface area contributed by atoms with Crippen molar-refractivity contribution >= 4 is 11.6 Å². The molecule has 0 aromatic heterocycles. The molecule has 112 valence electrons. The second-order valence-corrected chi connectivity index (χ2v) is 5.21. The van der Waals surface area contributed by atoms with E-state index in [0.717, 1.165) is 30.5 Å². The lowest BCUT2D eigenvalue weighted by Gasteiger charge is -2.17. The molecule has 2 aromatic rings. The lowest BCUT2D eigenvalue weighted by atomic mass is 9.90. The van der Waals surface area contributed by atoms with Crippen LogP contribution in [0.3, 0.4) is 0 Å². The van der Waals surface area contributed by atoms with Crippen molar-refractivity contribution in [3.63, 3.8) is 0 Å². The molecule has 1 aliphatic rings. The van der Waals surface area contributed by atoms with Crippen LogP contribution in [0, 0.1) is 0 Å². The number of hydrazone groups is 1. The van der Waals surface area contributed by atoms with Gasteiger partial charge in [0.05, 0.1) is 18.4 Å². The van der Waals surface area contributed by atoms with Crippen LogP contribution >= 0.6 is 0 Å².